The van der Waals surface area contributed by atoms with E-state index < -0.39 is 0 Å². The van der Waals surface area contributed by atoms with Gasteiger partial charge in [-0.1, -0.05) is 51.3 Å². The molecule has 2 rings (SSSR count). The smallest absolute Gasteiger partial charge is 0.138 e. The maximum Gasteiger partial charge on any atom is 0.138 e. The summed E-state index contributed by atoms with van der Waals surface area (Å²) >= 11 is 16.2. The summed E-state index contributed by atoms with van der Waals surface area (Å²) < 4.78 is 6.26. The van der Waals surface area contributed by atoms with Gasteiger partial charge >= 0.3 is 0 Å². The lowest BCUT2D eigenvalue weighted by molar-refractivity contribution is 0.415. The fourth-order valence-corrected chi connectivity index (χ4v) is 3.23. The van der Waals surface area contributed by atoms with Crippen LogP contribution in [0.2, 0.25) is 10.0 Å². The zero-order valence-electron chi connectivity index (χ0n) is 12.0. The van der Waals surface area contributed by atoms with Gasteiger partial charge < -0.3 is 10.1 Å². The van der Waals surface area contributed by atoms with Crippen LogP contribution in [0.5, 0.6) is 5.75 Å². The minimum absolute atomic E-state index is 0.0431. The van der Waals surface area contributed by atoms with Gasteiger partial charge in [-0.05, 0) is 42.8 Å². The Kier molecular flexibility index (Phi) is 5.55. The van der Waals surface area contributed by atoms with Crippen molar-refractivity contribution in [3.05, 3.63) is 61.5 Å². The summed E-state index contributed by atoms with van der Waals surface area (Å²) in [5.74, 6) is 0.575. The van der Waals surface area contributed by atoms with Crippen molar-refractivity contribution in [2.45, 2.75) is 13.0 Å². The third-order valence-electron chi connectivity index (χ3n) is 3.49. The van der Waals surface area contributed by atoms with E-state index in [1.807, 2.05) is 25.2 Å². The van der Waals surface area contributed by atoms with E-state index in [0.29, 0.717) is 15.8 Å². The molecule has 0 aliphatic heterocycles. The van der Waals surface area contributed by atoms with Crippen molar-refractivity contribution in [3.63, 3.8) is 0 Å². The first-order chi connectivity index (χ1) is 9.99. The SMILES string of the molecule is CNC(c1cc(Cl)c(OC)cc1Cl)c1cccc(Br)c1C. The van der Waals surface area contributed by atoms with Gasteiger partial charge in [0.15, 0.2) is 0 Å². The van der Waals surface area contributed by atoms with E-state index in [4.69, 9.17) is 27.9 Å². The molecule has 0 spiro atoms. The van der Waals surface area contributed by atoms with Gasteiger partial charge in [0.2, 0.25) is 0 Å². The average molecular weight is 389 g/mol. The molecule has 1 N–H and O–H groups in total. The van der Waals surface area contributed by atoms with Gasteiger partial charge in [0.05, 0.1) is 18.2 Å². The van der Waals surface area contributed by atoms with E-state index >= 15 is 0 Å². The van der Waals surface area contributed by atoms with Gasteiger partial charge in [-0.15, -0.1) is 0 Å². The van der Waals surface area contributed by atoms with Crippen molar-refractivity contribution in [1.82, 2.24) is 5.32 Å². The first kappa shape index (κ1) is 16.6. The van der Waals surface area contributed by atoms with Crippen LogP contribution in [0.3, 0.4) is 0 Å². The summed E-state index contributed by atoms with van der Waals surface area (Å²) in [4.78, 5) is 0. The second-order valence-corrected chi connectivity index (χ2v) is 6.35. The van der Waals surface area contributed by atoms with Crippen LogP contribution >= 0.6 is 39.1 Å². The van der Waals surface area contributed by atoms with Crippen LogP contribution in [0.15, 0.2) is 34.8 Å². The monoisotopic (exact) mass is 387 g/mol. The molecule has 21 heavy (non-hydrogen) atoms. The maximum absolute atomic E-state index is 6.41. The molecule has 0 aliphatic carbocycles. The molecule has 0 aromatic heterocycles. The molecule has 2 aromatic carbocycles. The Morgan fingerprint density at radius 3 is 2.48 bits per heavy atom. The average Bonchev–Trinajstić information content (AvgIpc) is 2.47. The van der Waals surface area contributed by atoms with Gasteiger partial charge in [-0.2, -0.15) is 0 Å². The highest BCUT2D eigenvalue weighted by Crippen LogP contribution is 2.37. The highest BCUT2D eigenvalue weighted by Gasteiger charge is 2.20. The molecule has 0 heterocycles. The molecule has 0 aliphatic rings. The number of ether oxygens (including phenoxy) is 1. The van der Waals surface area contributed by atoms with E-state index in [0.717, 1.165) is 15.6 Å². The van der Waals surface area contributed by atoms with Crippen LogP contribution in [0.25, 0.3) is 0 Å². The molecule has 5 heteroatoms. The number of benzene rings is 2. The number of nitrogens with one attached hydrogen (secondary N) is 1. The Bertz CT molecular complexity index is 661. The Morgan fingerprint density at radius 2 is 1.86 bits per heavy atom. The van der Waals surface area contributed by atoms with Crippen LogP contribution in [-0.4, -0.2) is 14.2 Å². The number of halogens is 3. The number of methoxy groups -OCH3 is 1. The normalized spacial score (nSPS) is 12.3. The number of hydrogen-bond acceptors (Lipinski definition) is 2. The summed E-state index contributed by atoms with van der Waals surface area (Å²) in [6.45, 7) is 2.07. The Labute approximate surface area is 143 Å². The molecular weight excluding hydrogens is 373 g/mol. The topological polar surface area (TPSA) is 21.3 Å². The predicted molar refractivity (Wildman–Crippen MR) is 92.8 cm³/mol. The van der Waals surface area contributed by atoms with E-state index in [1.54, 1.807) is 13.2 Å². The minimum atomic E-state index is -0.0431. The number of rotatable bonds is 4. The second-order valence-electron chi connectivity index (χ2n) is 4.68. The number of hydrogen-bond donors (Lipinski definition) is 1. The summed E-state index contributed by atoms with van der Waals surface area (Å²) in [6, 6.07) is 9.67. The van der Waals surface area contributed by atoms with Gasteiger partial charge in [-0.25, -0.2) is 0 Å². The molecule has 112 valence electrons. The largest absolute Gasteiger partial charge is 0.495 e. The zero-order chi connectivity index (χ0) is 15.6. The summed E-state index contributed by atoms with van der Waals surface area (Å²) in [6.07, 6.45) is 0. The van der Waals surface area contributed by atoms with Crippen molar-refractivity contribution in [1.29, 1.82) is 0 Å². The van der Waals surface area contributed by atoms with Gasteiger partial charge in [0, 0.05) is 15.6 Å². The van der Waals surface area contributed by atoms with Crippen molar-refractivity contribution >= 4 is 39.1 Å². The molecular formula is C16H16BrCl2NO. The third-order valence-corrected chi connectivity index (χ3v) is 4.97. The zero-order valence-corrected chi connectivity index (χ0v) is 15.1. The van der Waals surface area contributed by atoms with Crippen molar-refractivity contribution in [2.24, 2.45) is 0 Å². The van der Waals surface area contributed by atoms with Gasteiger partial charge in [-0.3, -0.25) is 0 Å². The van der Waals surface area contributed by atoms with Crippen LogP contribution in [0.4, 0.5) is 0 Å². The molecule has 0 saturated heterocycles. The second kappa shape index (κ2) is 7.01. The molecule has 0 radical (unpaired) electrons. The van der Waals surface area contributed by atoms with Crippen molar-refractivity contribution in [2.75, 3.05) is 14.2 Å². The quantitative estimate of drug-likeness (QED) is 0.758. The molecule has 2 nitrogen and oxygen atoms in total. The van der Waals surface area contributed by atoms with Crippen molar-refractivity contribution in [3.8, 4) is 5.75 Å². The molecule has 0 bridgehead atoms. The maximum atomic E-state index is 6.41. The van der Waals surface area contributed by atoms with Crippen LogP contribution in [-0.2, 0) is 0 Å². The van der Waals surface area contributed by atoms with Crippen molar-refractivity contribution < 1.29 is 4.74 Å². The van der Waals surface area contributed by atoms with E-state index in [2.05, 4.69) is 34.2 Å². The first-order valence-electron chi connectivity index (χ1n) is 6.44. The Morgan fingerprint density at radius 1 is 1.14 bits per heavy atom. The Hall–Kier alpha value is -0.740. The Balaban J connectivity index is 2.57. The van der Waals surface area contributed by atoms with Crippen LogP contribution < -0.4 is 10.1 Å². The highest BCUT2D eigenvalue weighted by molar-refractivity contribution is 9.10. The van der Waals surface area contributed by atoms with Crippen LogP contribution in [0, 0.1) is 6.92 Å². The minimum Gasteiger partial charge on any atom is -0.495 e. The van der Waals surface area contributed by atoms with E-state index in [-0.39, 0.29) is 6.04 Å². The fourth-order valence-electron chi connectivity index (χ4n) is 2.34. The molecule has 2 aromatic rings. The molecule has 0 amide bonds. The summed E-state index contributed by atoms with van der Waals surface area (Å²) in [7, 11) is 3.48. The highest BCUT2D eigenvalue weighted by atomic mass is 79.9. The molecule has 1 atom stereocenters. The lowest BCUT2D eigenvalue weighted by Gasteiger charge is -2.22. The van der Waals surface area contributed by atoms with E-state index in [9.17, 15) is 0 Å². The predicted octanol–water partition coefficient (Wildman–Crippen LogP) is 5.38. The van der Waals surface area contributed by atoms with E-state index in [1.165, 1.54) is 5.56 Å². The van der Waals surface area contributed by atoms with Gasteiger partial charge in [0.1, 0.15) is 5.75 Å². The lowest BCUT2D eigenvalue weighted by Crippen LogP contribution is -2.19. The third kappa shape index (κ3) is 3.37. The molecule has 0 fully saturated rings. The summed E-state index contributed by atoms with van der Waals surface area (Å²) in [5, 5.41) is 4.47. The summed E-state index contributed by atoms with van der Waals surface area (Å²) in [5.41, 5.74) is 3.24. The molecule has 1 unspecified atom stereocenters. The van der Waals surface area contributed by atoms with Crippen LogP contribution in [0.1, 0.15) is 22.7 Å². The van der Waals surface area contributed by atoms with Gasteiger partial charge in [0.25, 0.3) is 0 Å². The first-order valence-corrected chi connectivity index (χ1v) is 7.99. The lowest BCUT2D eigenvalue weighted by atomic mass is 9.95. The standard InChI is InChI=1S/C16H16BrCl2NO/c1-9-10(5-4-6-12(9)17)16(20-2)11-7-14(19)15(21-3)8-13(11)18/h4-8,16,20H,1-3H3. The fraction of sp³-hybridized carbons (Fsp3) is 0.250. The molecule has 0 saturated carbocycles.